The van der Waals surface area contributed by atoms with Crippen molar-refractivity contribution in [2.24, 2.45) is 17.3 Å². The van der Waals surface area contributed by atoms with Crippen LogP contribution in [0.25, 0.3) is 0 Å². The Morgan fingerprint density at radius 3 is 2.80 bits per heavy atom. The second kappa shape index (κ2) is 5.87. The lowest BCUT2D eigenvalue weighted by molar-refractivity contribution is 0.157. The summed E-state index contributed by atoms with van der Waals surface area (Å²) >= 11 is 12.6. The maximum atomic E-state index is 6.42. The summed E-state index contributed by atoms with van der Waals surface area (Å²) in [7, 11) is 0. The largest absolute Gasteiger partial charge is 0.316 e. The Labute approximate surface area is 132 Å². The minimum atomic E-state index is 0.396. The third-order valence-corrected chi connectivity index (χ3v) is 6.26. The molecule has 1 aromatic carbocycles. The van der Waals surface area contributed by atoms with Crippen LogP contribution in [0.15, 0.2) is 18.2 Å². The number of hydrogen-bond donors (Lipinski definition) is 1. The summed E-state index contributed by atoms with van der Waals surface area (Å²) in [4.78, 5) is 0. The molecular weight excluding hydrogens is 289 g/mol. The molecule has 2 aliphatic rings. The van der Waals surface area contributed by atoms with Gasteiger partial charge in [0.1, 0.15) is 0 Å². The van der Waals surface area contributed by atoms with E-state index in [0.29, 0.717) is 10.4 Å². The molecule has 0 spiro atoms. The first-order valence-corrected chi connectivity index (χ1v) is 8.54. The average Bonchev–Trinajstić information content (AvgIpc) is 3.03. The van der Waals surface area contributed by atoms with Crippen molar-refractivity contribution >= 4 is 23.2 Å². The highest BCUT2D eigenvalue weighted by molar-refractivity contribution is 6.42. The van der Waals surface area contributed by atoms with Crippen LogP contribution < -0.4 is 5.32 Å². The van der Waals surface area contributed by atoms with Gasteiger partial charge in [-0.2, -0.15) is 0 Å². The van der Waals surface area contributed by atoms with Crippen molar-refractivity contribution in [1.29, 1.82) is 0 Å². The Hall–Kier alpha value is -0.240. The normalized spacial score (nSPS) is 31.9. The molecule has 0 amide bonds. The Morgan fingerprint density at radius 1 is 1.30 bits per heavy atom. The van der Waals surface area contributed by atoms with E-state index in [0.717, 1.165) is 36.4 Å². The van der Waals surface area contributed by atoms with Crippen molar-refractivity contribution < 1.29 is 0 Å². The number of benzene rings is 1. The quantitative estimate of drug-likeness (QED) is 0.811. The van der Waals surface area contributed by atoms with Gasteiger partial charge in [-0.05, 0) is 61.1 Å². The van der Waals surface area contributed by atoms with E-state index in [9.17, 15) is 0 Å². The highest BCUT2D eigenvalue weighted by Crippen LogP contribution is 2.57. The van der Waals surface area contributed by atoms with Crippen molar-refractivity contribution in [1.82, 2.24) is 5.32 Å². The van der Waals surface area contributed by atoms with Crippen molar-refractivity contribution in [3.8, 4) is 0 Å². The third-order valence-electron chi connectivity index (χ3n) is 5.40. The van der Waals surface area contributed by atoms with Gasteiger partial charge in [0, 0.05) is 6.54 Å². The summed E-state index contributed by atoms with van der Waals surface area (Å²) < 4.78 is 0. The molecule has 0 radical (unpaired) electrons. The van der Waals surface area contributed by atoms with Crippen molar-refractivity contribution in [2.75, 3.05) is 13.1 Å². The second-order valence-electron chi connectivity index (χ2n) is 6.61. The third kappa shape index (κ3) is 2.61. The van der Waals surface area contributed by atoms with Crippen LogP contribution in [0.5, 0.6) is 0 Å². The first kappa shape index (κ1) is 14.7. The van der Waals surface area contributed by atoms with Crippen LogP contribution in [0.2, 0.25) is 10.0 Å². The first-order valence-electron chi connectivity index (χ1n) is 7.78. The number of fused-ring (bicyclic) bond motifs is 2. The van der Waals surface area contributed by atoms with Gasteiger partial charge in [-0.1, -0.05) is 48.7 Å². The number of rotatable bonds is 5. The molecule has 110 valence electrons. The van der Waals surface area contributed by atoms with Crippen LogP contribution in [0, 0.1) is 17.3 Å². The summed E-state index contributed by atoms with van der Waals surface area (Å²) in [6.07, 6.45) is 6.67. The Morgan fingerprint density at radius 2 is 2.15 bits per heavy atom. The van der Waals surface area contributed by atoms with Gasteiger partial charge < -0.3 is 5.32 Å². The first-order chi connectivity index (χ1) is 9.64. The number of hydrogen-bond acceptors (Lipinski definition) is 1. The average molecular weight is 312 g/mol. The fraction of sp³-hybridized carbons (Fsp3) is 0.647. The molecule has 3 unspecified atom stereocenters. The zero-order valence-corrected chi connectivity index (χ0v) is 13.6. The molecule has 3 heteroatoms. The maximum Gasteiger partial charge on any atom is 0.0624 e. The molecule has 2 aliphatic carbocycles. The highest BCUT2D eigenvalue weighted by atomic mass is 35.5. The van der Waals surface area contributed by atoms with Gasteiger partial charge in [-0.15, -0.1) is 0 Å². The van der Waals surface area contributed by atoms with Crippen LogP contribution in [-0.4, -0.2) is 13.1 Å². The molecule has 0 heterocycles. The molecule has 0 aliphatic heterocycles. The van der Waals surface area contributed by atoms with Crippen LogP contribution >= 0.6 is 23.2 Å². The van der Waals surface area contributed by atoms with Crippen LogP contribution in [0.3, 0.4) is 0 Å². The summed E-state index contributed by atoms with van der Waals surface area (Å²) in [5.74, 6) is 1.80. The summed E-state index contributed by atoms with van der Waals surface area (Å²) in [6, 6.07) is 6.05. The fourth-order valence-corrected chi connectivity index (χ4v) is 4.88. The van der Waals surface area contributed by atoms with E-state index in [4.69, 9.17) is 23.2 Å². The van der Waals surface area contributed by atoms with E-state index in [2.05, 4.69) is 18.3 Å². The predicted molar refractivity (Wildman–Crippen MR) is 86.6 cm³/mol. The fourth-order valence-electron chi connectivity index (χ4n) is 4.49. The summed E-state index contributed by atoms with van der Waals surface area (Å²) in [5.41, 5.74) is 1.62. The SMILES string of the molecule is CCNCC1(Cc2cccc(Cl)c2Cl)CC2CCC1C2. The molecule has 3 atom stereocenters. The van der Waals surface area contributed by atoms with E-state index < -0.39 is 0 Å². The molecule has 3 rings (SSSR count). The number of nitrogens with one attached hydrogen (secondary N) is 1. The smallest absolute Gasteiger partial charge is 0.0624 e. The Balaban J connectivity index is 1.85. The molecule has 2 fully saturated rings. The minimum absolute atomic E-state index is 0.396. The van der Waals surface area contributed by atoms with Crippen LogP contribution in [0.4, 0.5) is 0 Å². The van der Waals surface area contributed by atoms with E-state index in [-0.39, 0.29) is 0 Å². The topological polar surface area (TPSA) is 12.0 Å². The molecule has 1 nitrogen and oxygen atoms in total. The van der Waals surface area contributed by atoms with Crippen LogP contribution in [0.1, 0.15) is 38.2 Å². The summed E-state index contributed by atoms with van der Waals surface area (Å²) in [6.45, 7) is 4.35. The maximum absolute atomic E-state index is 6.42. The van der Waals surface area contributed by atoms with Crippen molar-refractivity contribution in [3.63, 3.8) is 0 Å². The van der Waals surface area contributed by atoms with Gasteiger partial charge in [0.05, 0.1) is 10.0 Å². The molecule has 2 bridgehead atoms. The molecule has 1 N–H and O–H groups in total. The second-order valence-corrected chi connectivity index (χ2v) is 7.40. The lowest BCUT2D eigenvalue weighted by Crippen LogP contribution is -2.40. The molecule has 0 saturated heterocycles. The van der Waals surface area contributed by atoms with Crippen molar-refractivity contribution in [2.45, 2.75) is 39.0 Å². The van der Waals surface area contributed by atoms with Gasteiger partial charge >= 0.3 is 0 Å². The van der Waals surface area contributed by atoms with Gasteiger partial charge in [0.15, 0.2) is 0 Å². The lowest BCUT2D eigenvalue weighted by atomic mass is 9.69. The standard InChI is InChI=1S/C17H23Cl2N/c1-2-20-11-17(9-12-6-7-14(17)8-12)10-13-4-3-5-15(18)16(13)19/h3-5,12,14,20H,2,6-11H2,1H3. The zero-order chi connectivity index (χ0) is 14.2. The summed E-state index contributed by atoms with van der Waals surface area (Å²) in [5, 5.41) is 5.04. The monoisotopic (exact) mass is 311 g/mol. The highest BCUT2D eigenvalue weighted by Gasteiger charge is 2.50. The number of halogens is 2. The van der Waals surface area contributed by atoms with E-state index in [1.165, 1.54) is 31.2 Å². The molecule has 0 aromatic heterocycles. The molecule has 1 aromatic rings. The minimum Gasteiger partial charge on any atom is -0.316 e. The molecule has 20 heavy (non-hydrogen) atoms. The molecule has 2 saturated carbocycles. The van der Waals surface area contributed by atoms with E-state index >= 15 is 0 Å². The van der Waals surface area contributed by atoms with Gasteiger partial charge in [-0.25, -0.2) is 0 Å². The Kier molecular flexibility index (Phi) is 4.31. The molecular formula is C17H23Cl2N. The van der Waals surface area contributed by atoms with E-state index in [1.807, 2.05) is 12.1 Å². The lowest BCUT2D eigenvalue weighted by Gasteiger charge is -2.38. The predicted octanol–water partition coefficient (Wildman–Crippen LogP) is 4.95. The van der Waals surface area contributed by atoms with Gasteiger partial charge in [0.2, 0.25) is 0 Å². The zero-order valence-electron chi connectivity index (χ0n) is 12.1. The van der Waals surface area contributed by atoms with E-state index in [1.54, 1.807) is 0 Å². The Bertz CT molecular complexity index is 488. The van der Waals surface area contributed by atoms with Crippen LogP contribution in [-0.2, 0) is 6.42 Å². The van der Waals surface area contributed by atoms with Crippen molar-refractivity contribution in [3.05, 3.63) is 33.8 Å². The van der Waals surface area contributed by atoms with Gasteiger partial charge in [0.25, 0.3) is 0 Å². The van der Waals surface area contributed by atoms with Gasteiger partial charge in [-0.3, -0.25) is 0 Å².